The highest BCUT2D eigenvalue weighted by Gasteiger charge is 2.27. The number of amides is 1. The van der Waals surface area contributed by atoms with Gasteiger partial charge in [0.2, 0.25) is 15.9 Å². The minimum absolute atomic E-state index is 0.0387. The first-order valence-electron chi connectivity index (χ1n) is 8.62. The molecular formula is C19H22Cl2N2O3S. The lowest BCUT2D eigenvalue weighted by Gasteiger charge is -2.19. The van der Waals surface area contributed by atoms with Crippen molar-refractivity contribution in [2.24, 2.45) is 0 Å². The number of rotatable bonds is 9. The number of carbonyl (C=O) groups excluding carboxylic acids is 1. The van der Waals surface area contributed by atoms with Crippen LogP contribution in [-0.2, 0) is 21.2 Å². The molecule has 0 radical (unpaired) electrons. The second-order valence-electron chi connectivity index (χ2n) is 6.08. The van der Waals surface area contributed by atoms with Crippen molar-refractivity contribution >= 4 is 39.1 Å². The summed E-state index contributed by atoms with van der Waals surface area (Å²) in [4.78, 5) is 12.4. The van der Waals surface area contributed by atoms with Crippen LogP contribution in [0.25, 0.3) is 0 Å². The fourth-order valence-corrected chi connectivity index (χ4v) is 4.44. The Bertz CT molecular complexity index is 874. The zero-order chi connectivity index (χ0) is 19.9. The van der Waals surface area contributed by atoms with Crippen LogP contribution >= 0.6 is 23.2 Å². The van der Waals surface area contributed by atoms with Gasteiger partial charge in [0.15, 0.2) is 0 Å². The molecule has 0 aliphatic rings. The van der Waals surface area contributed by atoms with E-state index in [0.29, 0.717) is 6.54 Å². The van der Waals surface area contributed by atoms with Crippen LogP contribution in [0, 0.1) is 0 Å². The highest BCUT2D eigenvalue weighted by Crippen LogP contribution is 2.25. The SMILES string of the molecule is CCCCNC(=O)[C@@H](Cc1ccccc1)NS(=O)(=O)c1cc(Cl)ccc1Cl. The Morgan fingerprint density at radius 1 is 1.11 bits per heavy atom. The lowest BCUT2D eigenvalue weighted by molar-refractivity contribution is -0.122. The fourth-order valence-electron chi connectivity index (χ4n) is 2.48. The van der Waals surface area contributed by atoms with Crippen LogP contribution < -0.4 is 10.0 Å². The highest BCUT2D eigenvalue weighted by molar-refractivity contribution is 7.89. The Morgan fingerprint density at radius 2 is 1.81 bits per heavy atom. The predicted molar refractivity (Wildman–Crippen MR) is 109 cm³/mol. The number of halogens is 2. The van der Waals surface area contributed by atoms with Gasteiger partial charge in [-0.3, -0.25) is 4.79 Å². The molecule has 146 valence electrons. The van der Waals surface area contributed by atoms with Crippen molar-refractivity contribution in [1.29, 1.82) is 0 Å². The summed E-state index contributed by atoms with van der Waals surface area (Å²) in [5, 5.41) is 3.06. The Balaban J connectivity index is 2.26. The molecule has 0 aromatic heterocycles. The van der Waals surface area contributed by atoms with Crippen molar-refractivity contribution in [1.82, 2.24) is 10.0 Å². The van der Waals surface area contributed by atoms with Gasteiger partial charge in [-0.05, 0) is 36.6 Å². The number of unbranched alkanes of at least 4 members (excludes halogenated alkanes) is 1. The van der Waals surface area contributed by atoms with Crippen molar-refractivity contribution in [2.45, 2.75) is 37.1 Å². The Kier molecular flexibility index (Phi) is 8.10. The summed E-state index contributed by atoms with van der Waals surface area (Å²) in [6.07, 6.45) is 1.96. The monoisotopic (exact) mass is 428 g/mol. The number of sulfonamides is 1. The van der Waals surface area contributed by atoms with Gasteiger partial charge in [-0.1, -0.05) is 66.9 Å². The normalized spacial score (nSPS) is 12.6. The van der Waals surface area contributed by atoms with Crippen molar-refractivity contribution in [3.63, 3.8) is 0 Å². The molecule has 8 heteroatoms. The largest absolute Gasteiger partial charge is 0.355 e. The van der Waals surface area contributed by atoms with Crippen LogP contribution in [0.3, 0.4) is 0 Å². The summed E-state index contributed by atoms with van der Waals surface area (Å²) in [7, 11) is -4.04. The van der Waals surface area contributed by atoms with Gasteiger partial charge in [0, 0.05) is 11.6 Å². The Labute approximate surface area is 170 Å². The standard InChI is InChI=1S/C19H22Cl2N2O3S/c1-2-3-11-22-19(24)17(12-14-7-5-4-6-8-14)23-27(25,26)18-13-15(20)9-10-16(18)21/h4-10,13,17,23H,2-3,11-12H2,1H3,(H,22,24)/t17-/m1/s1. The highest BCUT2D eigenvalue weighted by atomic mass is 35.5. The number of nitrogens with one attached hydrogen (secondary N) is 2. The van der Waals surface area contributed by atoms with Crippen LogP contribution in [0.1, 0.15) is 25.3 Å². The molecule has 0 spiro atoms. The van der Waals surface area contributed by atoms with E-state index >= 15 is 0 Å². The van der Waals surface area contributed by atoms with E-state index in [-0.39, 0.29) is 27.3 Å². The van der Waals surface area contributed by atoms with Gasteiger partial charge in [-0.2, -0.15) is 4.72 Å². The summed E-state index contributed by atoms with van der Waals surface area (Å²) in [6.45, 7) is 2.50. The molecule has 0 fully saturated rings. The first-order chi connectivity index (χ1) is 12.8. The maximum atomic E-state index is 12.8. The second-order valence-corrected chi connectivity index (χ2v) is 8.61. The van der Waals surface area contributed by atoms with Crippen molar-refractivity contribution < 1.29 is 13.2 Å². The van der Waals surface area contributed by atoms with Crippen molar-refractivity contribution in [2.75, 3.05) is 6.54 Å². The molecule has 0 bridgehead atoms. The van der Waals surface area contributed by atoms with Crippen molar-refractivity contribution in [3.05, 3.63) is 64.1 Å². The number of hydrogen-bond acceptors (Lipinski definition) is 3. The van der Waals surface area contributed by atoms with E-state index < -0.39 is 16.1 Å². The smallest absolute Gasteiger partial charge is 0.242 e. The summed E-state index contributed by atoms with van der Waals surface area (Å²) >= 11 is 11.9. The average Bonchev–Trinajstić information content (AvgIpc) is 2.64. The van der Waals surface area contributed by atoms with Gasteiger partial charge >= 0.3 is 0 Å². The molecule has 1 atom stereocenters. The van der Waals surface area contributed by atoms with E-state index in [9.17, 15) is 13.2 Å². The summed E-state index contributed by atoms with van der Waals surface area (Å²) in [5.74, 6) is -0.381. The molecule has 0 aliphatic heterocycles. The number of benzene rings is 2. The number of hydrogen-bond donors (Lipinski definition) is 2. The van der Waals surface area contributed by atoms with E-state index in [1.165, 1.54) is 18.2 Å². The Morgan fingerprint density at radius 3 is 2.48 bits per heavy atom. The molecule has 1 amide bonds. The second kappa shape index (κ2) is 10.1. The summed E-state index contributed by atoms with van der Waals surface area (Å²) < 4.78 is 28.1. The quantitative estimate of drug-likeness (QED) is 0.596. The van der Waals surface area contributed by atoms with E-state index in [2.05, 4.69) is 10.0 Å². The molecular weight excluding hydrogens is 407 g/mol. The molecule has 0 heterocycles. The predicted octanol–water partition coefficient (Wildman–Crippen LogP) is 3.80. The molecule has 0 aliphatic carbocycles. The van der Waals surface area contributed by atoms with Gasteiger partial charge in [0.25, 0.3) is 0 Å². The van der Waals surface area contributed by atoms with Crippen LogP contribution in [0.2, 0.25) is 10.0 Å². The maximum Gasteiger partial charge on any atom is 0.242 e. The van der Waals surface area contributed by atoms with E-state index in [1.807, 2.05) is 37.3 Å². The first-order valence-corrected chi connectivity index (χ1v) is 10.9. The third kappa shape index (κ3) is 6.50. The lowest BCUT2D eigenvalue weighted by atomic mass is 10.1. The average molecular weight is 429 g/mol. The maximum absolute atomic E-state index is 12.8. The molecule has 0 unspecified atom stereocenters. The molecule has 0 saturated carbocycles. The molecule has 2 aromatic carbocycles. The molecule has 2 aromatic rings. The van der Waals surface area contributed by atoms with E-state index in [0.717, 1.165) is 18.4 Å². The van der Waals surface area contributed by atoms with Gasteiger partial charge in [-0.25, -0.2) is 8.42 Å². The van der Waals surface area contributed by atoms with Crippen LogP contribution in [0.4, 0.5) is 0 Å². The van der Waals surface area contributed by atoms with Crippen LogP contribution in [0.15, 0.2) is 53.4 Å². The molecule has 5 nitrogen and oxygen atoms in total. The molecule has 2 N–H and O–H groups in total. The van der Waals surface area contributed by atoms with Gasteiger partial charge in [-0.15, -0.1) is 0 Å². The van der Waals surface area contributed by atoms with E-state index in [1.54, 1.807) is 0 Å². The van der Waals surface area contributed by atoms with Crippen molar-refractivity contribution in [3.8, 4) is 0 Å². The Hall–Kier alpha value is -1.60. The minimum atomic E-state index is -4.04. The van der Waals surface area contributed by atoms with Gasteiger partial charge in [0.1, 0.15) is 10.9 Å². The summed E-state index contributed by atoms with van der Waals surface area (Å²) in [6, 6.07) is 12.4. The van der Waals surface area contributed by atoms with Gasteiger partial charge < -0.3 is 5.32 Å². The van der Waals surface area contributed by atoms with E-state index in [4.69, 9.17) is 23.2 Å². The molecule has 2 rings (SSSR count). The minimum Gasteiger partial charge on any atom is -0.355 e. The third-order valence-corrected chi connectivity index (χ3v) is 6.10. The molecule has 27 heavy (non-hydrogen) atoms. The topological polar surface area (TPSA) is 75.3 Å². The van der Waals surface area contributed by atoms with Crippen LogP contribution in [-0.4, -0.2) is 26.9 Å². The zero-order valence-corrected chi connectivity index (χ0v) is 17.2. The first kappa shape index (κ1) is 21.7. The fraction of sp³-hybridized carbons (Fsp3) is 0.316. The molecule has 0 saturated heterocycles. The third-order valence-electron chi connectivity index (χ3n) is 3.91. The number of carbonyl (C=O) groups is 1. The van der Waals surface area contributed by atoms with Crippen LogP contribution in [0.5, 0.6) is 0 Å². The zero-order valence-electron chi connectivity index (χ0n) is 14.9. The lowest BCUT2D eigenvalue weighted by Crippen LogP contribution is -2.48. The van der Waals surface area contributed by atoms with Gasteiger partial charge in [0.05, 0.1) is 5.02 Å². The summed E-state index contributed by atoms with van der Waals surface area (Å²) in [5.41, 5.74) is 0.841.